The molecule has 30 heavy (non-hydrogen) atoms. The molecule has 2 aromatic carbocycles. The first kappa shape index (κ1) is 21.7. The molecular weight excluding hydrogens is 393 g/mol. The van der Waals surface area contributed by atoms with Gasteiger partial charge < -0.3 is 9.15 Å². The first-order chi connectivity index (χ1) is 14.0. The molecule has 3 aromatic rings. The summed E-state index contributed by atoms with van der Waals surface area (Å²) in [5.74, 6) is -2.36. The van der Waals surface area contributed by atoms with Crippen molar-refractivity contribution in [1.29, 1.82) is 0 Å². The molecule has 0 N–H and O–H groups in total. The summed E-state index contributed by atoms with van der Waals surface area (Å²) in [6, 6.07) is 16.0. The Morgan fingerprint density at radius 3 is 2.07 bits per heavy atom. The number of ether oxygens (including phenoxy) is 1. The summed E-state index contributed by atoms with van der Waals surface area (Å²) in [5.41, 5.74) is 1.81. The molecule has 1 heterocycles. The molecule has 3 rings (SSSR count). The van der Waals surface area contributed by atoms with E-state index in [2.05, 4.69) is 25.5 Å². The van der Waals surface area contributed by atoms with Crippen LogP contribution in [0.2, 0.25) is 0 Å². The molecule has 0 spiro atoms. The van der Waals surface area contributed by atoms with E-state index in [0.29, 0.717) is 5.56 Å². The predicted octanol–water partition coefficient (Wildman–Crippen LogP) is 6.64. The largest absolute Gasteiger partial charge is 0.465 e. The fourth-order valence-electron chi connectivity index (χ4n) is 3.32. The van der Waals surface area contributed by atoms with E-state index in [1.807, 2.05) is 24.3 Å². The summed E-state index contributed by atoms with van der Waals surface area (Å²) in [6.45, 7) is 6.25. The summed E-state index contributed by atoms with van der Waals surface area (Å²) in [6.07, 6.45) is -4.73. The lowest BCUT2D eigenvalue weighted by Crippen LogP contribution is -2.12. The molecule has 3 nitrogen and oxygen atoms in total. The van der Waals surface area contributed by atoms with Crippen LogP contribution in [0.4, 0.5) is 13.2 Å². The average Bonchev–Trinajstić information content (AvgIpc) is 3.07. The number of hydrogen-bond acceptors (Lipinski definition) is 3. The van der Waals surface area contributed by atoms with Gasteiger partial charge in [-0.15, -0.1) is 0 Å². The predicted molar refractivity (Wildman–Crippen MR) is 108 cm³/mol. The van der Waals surface area contributed by atoms with Crippen LogP contribution in [0.15, 0.2) is 59.0 Å². The van der Waals surface area contributed by atoms with E-state index in [0.717, 1.165) is 18.2 Å². The highest BCUT2D eigenvalue weighted by atomic mass is 19.4. The van der Waals surface area contributed by atoms with E-state index in [-0.39, 0.29) is 23.2 Å². The molecule has 0 bridgehead atoms. The third-order valence-corrected chi connectivity index (χ3v) is 4.88. The van der Waals surface area contributed by atoms with Gasteiger partial charge >= 0.3 is 12.1 Å². The Bertz CT molecular complexity index is 1020. The van der Waals surface area contributed by atoms with E-state index in [4.69, 9.17) is 4.42 Å². The molecule has 0 aliphatic heterocycles. The maximum absolute atomic E-state index is 13.7. The van der Waals surface area contributed by atoms with Crippen molar-refractivity contribution in [3.63, 3.8) is 0 Å². The fraction of sp³-hybridized carbons (Fsp3) is 0.292. The van der Waals surface area contributed by atoms with Crippen LogP contribution < -0.4 is 0 Å². The van der Waals surface area contributed by atoms with Crippen molar-refractivity contribution < 1.29 is 27.1 Å². The normalized spacial score (nSPS) is 12.1. The molecule has 0 unspecified atom stereocenters. The van der Waals surface area contributed by atoms with Crippen LogP contribution in [-0.2, 0) is 22.7 Å². The molecule has 0 atom stereocenters. The third-order valence-electron chi connectivity index (χ3n) is 4.88. The number of carbonyl (C=O) groups excluding carboxylic acids is 1. The van der Waals surface area contributed by atoms with Crippen molar-refractivity contribution in [2.45, 2.75) is 38.8 Å². The van der Waals surface area contributed by atoms with E-state index in [9.17, 15) is 18.0 Å². The molecule has 0 aliphatic carbocycles. The molecular formula is C24H23F3O3. The highest BCUT2D eigenvalue weighted by molar-refractivity contribution is 5.99. The number of alkyl halides is 3. The zero-order valence-corrected chi connectivity index (χ0v) is 17.3. The summed E-state index contributed by atoms with van der Waals surface area (Å²) >= 11 is 0. The second-order valence-electron chi connectivity index (χ2n) is 8.08. The number of methoxy groups -OCH3 is 1. The minimum Gasteiger partial charge on any atom is -0.465 e. The van der Waals surface area contributed by atoms with Crippen molar-refractivity contribution in [2.75, 3.05) is 7.11 Å². The number of esters is 1. The Morgan fingerprint density at radius 2 is 1.57 bits per heavy atom. The Balaban J connectivity index is 2.16. The van der Waals surface area contributed by atoms with Crippen molar-refractivity contribution in [1.82, 2.24) is 0 Å². The van der Waals surface area contributed by atoms with Gasteiger partial charge in [0, 0.05) is 12.0 Å². The zero-order valence-electron chi connectivity index (χ0n) is 17.3. The number of benzene rings is 2. The van der Waals surface area contributed by atoms with Gasteiger partial charge in [-0.05, 0) is 22.1 Å². The summed E-state index contributed by atoms with van der Waals surface area (Å²) in [5, 5.41) is 0. The lowest BCUT2D eigenvalue weighted by Gasteiger charge is -2.19. The molecule has 158 valence electrons. The van der Waals surface area contributed by atoms with Crippen molar-refractivity contribution in [2.24, 2.45) is 0 Å². The molecule has 0 radical (unpaired) electrons. The summed E-state index contributed by atoms with van der Waals surface area (Å²) in [4.78, 5) is 12.3. The summed E-state index contributed by atoms with van der Waals surface area (Å²) < 4.78 is 50.9. The van der Waals surface area contributed by atoms with Crippen LogP contribution >= 0.6 is 0 Å². The van der Waals surface area contributed by atoms with Crippen LogP contribution in [0, 0.1) is 0 Å². The number of halogens is 3. The molecule has 0 fully saturated rings. The lowest BCUT2D eigenvalue weighted by molar-refractivity contribution is -0.153. The van der Waals surface area contributed by atoms with Crippen molar-refractivity contribution in [3.05, 3.63) is 82.8 Å². The number of hydrogen-bond donors (Lipinski definition) is 0. The standard InChI is InChI=1S/C24H23F3O3/c1-23(2,3)17-12-10-15(11-13-17)14-18-19(16-8-6-5-7-9-16)20(22(28)29-4)21(30-18)24(25,26)27/h5-13H,14H2,1-4H3. The third kappa shape index (κ3) is 4.42. The topological polar surface area (TPSA) is 39.4 Å². The van der Waals surface area contributed by atoms with Crippen LogP contribution in [-0.4, -0.2) is 13.1 Å². The molecule has 1 aromatic heterocycles. The van der Waals surface area contributed by atoms with Crippen LogP contribution in [0.1, 0.15) is 53.8 Å². The first-order valence-corrected chi connectivity index (χ1v) is 9.48. The summed E-state index contributed by atoms with van der Waals surface area (Å²) in [7, 11) is 1.05. The van der Waals surface area contributed by atoms with E-state index >= 15 is 0 Å². The average molecular weight is 416 g/mol. The van der Waals surface area contributed by atoms with Crippen molar-refractivity contribution >= 4 is 5.97 Å². The molecule has 0 saturated heterocycles. The Labute approximate surface area is 173 Å². The van der Waals surface area contributed by atoms with Gasteiger partial charge in [0.25, 0.3) is 0 Å². The van der Waals surface area contributed by atoms with Crippen molar-refractivity contribution in [3.8, 4) is 11.1 Å². The first-order valence-electron chi connectivity index (χ1n) is 9.48. The number of carbonyl (C=O) groups is 1. The second-order valence-corrected chi connectivity index (χ2v) is 8.08. The highest BCUT2D eigenvalue weighted by Gasteiger charge is 2.43. The Kier molecular flexibility index (Phi) is 5.79. The van der Waals surface area contributed by atoms with Gasteiger partial charge in [-0.3, -0.25) is 0 Å². The Morgan fingerprint density at radius 1 is 0.967 bits per heavy atom. The maximum atomic E-state index is 13.7. The fourth-order valence-corrected chi connectivity index (χ4v) is 3.32. The van der Waals surface area contributed by atoms with Gasteiger partial charge in [0.2, 0.25) is 5.76 Å². The zero-order chi connectivity index (χ0) is 22.1. The second kappa shape index (κ2) is 8.01. The van der Waals surface area contributed by atoms with Gasteiger partial charge in [-0.2, -0.15) is 13.2 Å². The van der Waals surface area contributed by atoms with Crippen LogP contribution in [0.25, 0.3) is 11.1 Å². The monoisotopic (exact) mass is 416 g/mol. The Hall–Kier alpha value is -3.02. The SMILES string of the molecule is COC(=O)c1c(C(F)(F)F)oc(Cc2ccc(C(C)(C)C)cc2)c1-c1ccccc1. The van der Waals surface area contributed by atoms with Gasteiger partial charge in [-0.25, -0.2) is 4.79 Å². The molecule has 0 saturated carbocycles. The molecule has 6 heteroatoms. The van der Waals surface area contributed by atoms with Crippen LogP contribution in [0.5, 0.6) is 0 Å². The van der Waals surface area contributed by atoms with E-state index in [1.54, 1.807) is 30.3 Å². The minimum absolute atomic E-state index is 0.0417. The molecule has 0 aliphatic rings. The highest BCUT2D eigenvalue weighted by Crippen LogP contribution is 2.42. The lowest BCUT2D eigenvalue weighted by atomic mass is 9.86. The smallest absolute Gasteiger partial charge is 0.450 e. The van der Waals surface area contributed by atoms with Crippen LogP contribution in [0.3, 0.4) is 0 Å². The van der Waals surface area contributed by atoms with E-state index in [1.165, 1.54) is 0 Å². The maximum Gasteiger partial charge on any atom is 0.450 e. The van der Waals surface area contributed by atoms with Gasteiger partial charge in [0.15, 0.2) is 0 Å². The van der Waals surface area contributed by atoms with Gasteiger partial charge in [-0.1, -0.05) is 75.4 Å². The van der Waals surface area contributed by atoms with Gasteiger partial charge in [0.05, 0.1) is 7.11 Å². The molecule has 0 amide bonds. The van der Waals surface area contributed by atoms with Gasteiger partial charge in [0.1, 0.15) is 11.3 Å². The number of rotatable bonds is 4. The quantitative estimate of drug-likeness (QED) is 0.448. The minimum atomic E-state index is -4.83. The van der Waals surface area contributed by atoms with E-state index < -0.39 is 23.5 Å². The number of furan rings is 1.